The second-order valence-corrected chi connectivity index (χ2v) is 7.41. The molecule has 0 spiro atoms. The monoisotopic (exact) mass is 298 g/mol. The molecule has 0 aliphatic carbocycles. The molecule has 0 saturated carbocycles. The first kappa shape index (κ1) is 17.1. The molecule has 0 saturated heterocycles. The van der Waals surface area contributed by atoms with Gasteiger partial charge in [0, 0.05) is 19.6 Å². The Hall–Kier alpha value is -0.910. The molecule has 0 atom stereocenters. The first-order valence-electron chi connectivity index (χ1n) is 7.00. The van der Waals surface area contributed by atoms with E-state index in [2.05, 4.69) is 5.32 Å². The highest BCUT2D eigenvalue weighted by Crippen LogP contribution is 2.24. The summed E-state index contributed by atoms with van der Waals surface area (Å²) in [6.45, 7) is 11.2. The van der Waals surface area contributed by atoms with Crippen LogP contribution in [0.25, 0.3) is 0 Å². The zero-order chi connectivity index (χ0) is 15.5. The fourth-order valence-corrected chi connectivity index (χ4v) is 3.66. The number of hydrogen-bond acceptors (Lipinski definition) is 3. The quantitative estimate of drug-likeness (QED) is 0.877. The average Bonchev–Trinajstić information content (AvgIpc) is 2.36. The predicted octanol–water partition coefficient (Wildman–Crippen LogP) is 2.44. The number of sulfonamides is 1. The van der Waals surface area contributed by atoms with E-state index in [-0.39, 0.29) is 6.04 Å². The van der Waals surface area contributed by atoms with E-state index in [9.17, 15) is 8.42 Å². The molecule has 0 amide bonds. The van der Waals surface area contributed by atoms with Gasteiger partial charge in [-0.15, -0.1) is 0 Å². The third-order valence-electron chi connectivity index (χ3n) is 3.58. The van der Waals surface area contributed by atoms with Crippen LogP contribution in [0.2, 0.25) is 0 Å². The Morgan fingerprint density at radius 1 is 1.20 bits per heavy atom. The van der Waals surface area contributed by atoms with E-state index in [0.29, 0.717) is 11.4 Å². The van der Waals surface area contributed by atoms with Crippen molar-refractivity contribution in [3.05, 3.63) is 28.8 Å². The molecule has 0 radical (unpaired) electrons. The summed E-state index contributed by atoms with van der Waals surface area (Å²) in [5, 5.41) is 3.25. The van der Waals surface area contributed by atoms with E-state index in [1.54, 1.807) is 7.05 Å². The first-order chi connectivity index (χ1) is 9.21. The van der Waals surface area contributed by atoms with Crippen molar-refractivity contribution in [2.24, 2.45) is 0 Å². The molecule has 1 aromatic rings. The van der Waals surface area contributed by atoms with E-state index in [0.717, 1.165) is 23.2 Å². The van der Waals surface area contributed by atoms with Crippen molar-refractivity contribution in [3.63, 3.8) is 0 Å². The van der Waals surface area contributed by atoms with Crippen LogP contribution in [0.15, 0.2) is 17.0 Å². The summed E-state index contributed by atoms with van der Waals surface area (Å²) in [5.74, 6) is 0. The normalized spacial score (nSPS) is 12.4. The molecule has 0 bridgehead atoms. The Kier molecular flexibility index (Phi) is 5.74. The third kappa shape index (κ3) is 3.59. The molecule has 0 heterocycles. The summed E-state index contributed by atoms with van der Waals surface area (Å²) in [6.07, 6.45) is 0. The van der Waals surface area contributed by atoms with E-state index < -0.39 is 10.0 Å². The summed E-state index contributed by atoms with van der Waals surface area (Å²) in [7, 11) is -1.80. The topological polar surface area (TPSA) is 49.4 Å². The number of rotatable bonds is 6. The Morgan fingerprint density at radius 2 is 1.80 bits per heavy atom. The number of benzene rings is 1. The lowest BCUT2D eigenvalue weighted by Crippen LogP contribution is -2.33. The molecule has 0 aromatic heterocycles. The zero-order valence-corrected chi connectivity index (χ0v) is 14.1. The van der Waals surface area contributed by atoms with Crippen LogP contribution < -0.4 is 5.32 Å². The lowest BCUT2D eigenvalue weighted by molar-refractivity contribution is 0.410. The van der Waals surface area contributed by atoms with E-state index in [1.165, 1.54) is 4.31 Å². The van der Waals surface area contributed by atoms with Crippen molar-refractivity contribution in [3.8, 4) is 0 Å². The van der Waals surface area contributed by atoms with Crippen LogP contribution in [-0.2, 0) is 16.6 Å². The molecule has 0 aliphatic heterocycles. The van der Waals surface area contributed by atoms with Crippen molar-refractivity contribution < 1.29 is 8.42 Å². The third-order valence-corrected chi connectivity index (χ3v) is 5.76. The number of hydrogen-bond donors (Lipinski definition) is 1. The van der Waals surface area contributed by atoms with Crippen molar-refractivity contribution in [1.29, 1.82) is 0 Å². The van der Waals surface area contributed by atoms with Gasteiger partial charge < -0.3 is 5.32 Å². The van der Waals surface area contributed by atoms with E-state index in [4.69, 9.17) is 0 Å². The van der Waals surface area contributed by atoms with Crippen LogP contribution in [0.5, 0.6) is 0 Å². The van der Waals surface area contributed by atoms with Crippen LogP contribution in [0.4, 0.5) is 0 Å². The molecule has 114 valence electrons. The number of nitrogens with one attached hydrogen (secondary N) is 1. The second-order valence-electron chi connectivity index (χ2n) is 5.44. The average molecular weight is 298 g/mol. The van der Waals surface area contributed by atoms with Crippen molar-refractivity contribution >= 4 is 10.0 Å². The highest BCUT2D eigenvalue weighted by atomic mass is 32.2. The molecule has 0 fully saturated rings. The van der Waals surface area contributed by atoms with Crippen molar-refractivity contribution in [2.75, 3.05) is 13.6 Å². The SMILES string of the molecule is CCNCc1cc(S(=O)(=O)N(C)C(C)C)c(C)cc1C. The standard InChI is InChI=1S/C15H26N2O2S/c1-7-16-10-14-9-15(13(5)8-12(14)4)20(18,19)17(6)11(2)3/h8-9,11,16H,7,10H2,1-6H3. The summed E-state index contributed by atoms with van der Waals surface area (Å²) >= 11 is 0. The lowest BCUT2D eigenvalue weighted by Gasteiger charge is -2.23. The Bertz CT molecular complexity index is 565. The van der Waals surface area contributed by atoms with Gasteiger partial charge in [-0.05, 0) is 57.0 Å². The van der Waals surface area contributed by atoms with Gasteiger partial charge in [-0.3, -0.25) is 0 Å². The van der Waals surface area contributed by atoms with Gasteiger partial charge >= 0.3 is 0 Å². The molecule has 0 unspecified atom stereocenters. The van der Waals surface area contributed by atoms with E-state index >= 15 is 0 Å². The van der Waals surface area contributed by atoms with Gasteiger partial charge in [0.05, 0.1) is 4.90 Å². The summed E-state index contributed by atoms with van der Waals surface area (Å²) in [5.41, 5.74) is 2.96. The minimum Gasteiger partial charge on any atom is -0.313 e. The van der Waals surface area contributed by atoms with Gasteiger partial charge in [-0.2, -0.15) is 4.31 Å². The molecule has 4 nitrogen and oxygen atoms in total. The predicted molar refractivity (Wildman–Crippen MR) is 83.4 cm³/mol. The molecule has 0 aliphatic rings. The Labute approximate surface area is 123 Å². The summed E-state index contributed by atoms with van der Waals surface area (Å²) in [6, 6.07) is 3.70. The maximum Gasteiger partial charge on any atom is 0.243 e. The van der Waals surface area contributed by atoms with Gasteiger partial charge in [0.2, 0.25) is 10.0 Å². The number of nitrogens with zero attached hydrogens (tertiary/aromatic N) is 1. The minimum atomic E-state index is -3.43. The van der Waals surface area contributed by atoms with Gasteiger partial charge in [0.1, 0.15) is 0 Å². The molecular formula is C15H26N2O2S. The molecular weight excluding hydrogens is 272 g/mol. The second kappa shape index (κ2) is 6.70. The van der Waals surface area contributed by atoms with Crippen molar-refractivity contribution in [2.45, 2.75) is 52.1 Å². The number of aryl methyl sites for hydroxylation is 2. The fourth-order valence-electron chi connectivity index (χ4n) is 2.04. The Morgan fingerprint density at radius 3 is 2.30 bits per heavy atom. The molecule has 1 aromatic carbocycles. The maximum absolute atomic E-state index is 12.6. The van der Waals surface area contributed by atoms with Crippen LogP contribution >= 0.6 is 0 Å². The van der Waals surface area contributed by atoms with Crippen LogP contribution in [0.1, 0.15) is 37.5 Å². The van der Waals surface area contributed by atoms with E-state index in [1.807, 2.05) is 46.8 Å². The molecule has 20 heavy (non-hydrogen) atoms. The summed E-state index contributed by atoms with van der Waals surface area (Å²) < 4.78 is 26.7. The van der Waals surface area contributed by atoms with Crippen LogP contribution in [0, 0.1) is 13.8 Å². The highest BCUT2D eigenvalue weighted by molar-refractivity contribution is 7.89. The lowest BCUT2D eigenvalue weighted by atomic mass is 10.1. The summed E-state index contributed by atoms with van der Waals surface area (Å²) in [4.78, 5) is 0.409. The van der Waals surface area contributed by atoms with Crippen molar-refractivity contribution in [1.82, 2.24) is 9.62 Å². The Balaban J connectivity index is 3.31. The maximum atomic E-state index is 12.6. The molecule has 1 rings (SSSR count). The van der Waals surface area contributed by atoms with Gasteiger partial charge in [0.15, 0.2) is 0 Å². The van der Waals surface area contributed by atoms with Gasteiger partial charge in [-0.25, -0.2) is 8.42 Å². The molecule has 1 N–H and O–H groups in total. The first-order valence-corrected chi connectivity index (χ1v) is 8.44. The van der Waals surface area contributed by atoms with Gasteiger partial charge in [-0.1, -0.05) is 13.0 Å². The van der Waals surface area contributed by atoms with Crippen LogP contribution in [-0.4, -0.2) is 32.4 Å². The highest BCUT2D eigenvalue weighted by Gasteiger charge is 2.25. The minimum absolute atomic E-state index is 0.0575. The smallest absolute Gasteiger partial charge is 0.243 e. The fraction of sp³-hybridized carbons (Fsp3) is 0.600. The van der Waals surface area contributed by atoms with Crippen LogP contribution in [0.3, 0.4) is 0 Å². The van der Waals surface area contributed by atoms with Gasteiger partial charge in [0.25, 0.3) is 0 Å². The zero-order valence-electron chi connectivity index (χ0n) is 13.3. The molecule has 5 heteroatoms. The largest absolute Gasteiger partial charge is 0.313 e.